The van der Waals surface area contributed by atoms with Crippen molar-refractivity contribution in [2.45, 2.75) is 46.1 Å². The third-order valence-corrected chi connectivity index (χ3v) is 4.52. The van der Waals surface area contributed by atoms with Crippen LogP contribution in [0.3, 0.4) is 0 Å². The fourth-order valence-electron chi connectivity index (χ4n) is 3.47. The highest BCUT2D eigenvalue weighted by atomic mass is 16.6. The number of carbonyl (C=O) groups excluding carboxylic acids is 1. The SMILES string of the molecule is CCC(CC)C1=NO[C@H]2[C@@H]1[C@H](C)C[C@@H]2C(=O)OC. The molecule has 0 N–H and O–H groups in total. The number of nitrogens with zero attached hydrogens (tertiary/aromatic N) is 1. The summed E-state index contributed by atoms with van der Waals surface area (Å²) in [6.07, 6.45) is 2.92. The summed E-state index contributed by atoms with van der Waals surface area (Å²) >= 11 is 0. The maximum atomic E-state index is 11.8. The lowest BCUT2D eigenvalue weighted by atomic mass is 9.82. The first-order valence-corrected chi connectivity index (χ1v) is 6.95. The summed E-state index contributed by atoms with van der Waals surface area (Å²) in [5, 5.41) is 4.29. The summed E-state index contributed by atoms with van der Waals surface area (Å²) in [5.74, 6) is 0.930. The number of methoxy groups -OCH3 is 1. The number of carbonyl (C=O) groups is 1. The summed E-state index contributed by atoms with van der Waals surface area (Å²) < 4.78 is 4.87. The average Bonchev–Trinajstić information content (AvgIpc) is 2.93. The predicted molar refractivity (Wildman–Crippen MR) is 69.2 cm³/mol. The van der Waals surface area contributed by atoms with Crippen LogP contribution in [0.15, 0.2) is 5.16 Å². The maximum Gasteiger partial charge on any atom is 0.312 e. The van der Waals surface area contributed by atoms with Crippen LogP contribution in [-0.2, 0) is 14.4 Å². The molecular formula is C14H23NO3. The Labute approximate surface area is 109 Å². The fraction of sp³-hybridized carbons (Fsp3) is 0.857. The van der Waals surface area contributed by atoms with Crippen molar-refractivity contribution in [3.63, 3.8) is 0 Å². The Morgan fingerprint density at radius 1 is 1.50 bits per heavy atom. The average molecular weight is 253 g/mol. The molecule has 0 aromatic carbocycles. The number of hydrogen-bond donors (Lipinski definition) is 0. The van der Waals surface area contributed by atoms with E-state index in [1.807, 2.05) is 0 Å². The second kappa shape index (κ2) is 5.29. The summed E-state index contributed by atoms with van der Waals surface area (Å²) in [6, 6.07) is 0. The Morgan fingerprint density at radius 3 is 2.72 bits per heavy atom. The zero-order valence-electron chi connectivity index (χ0n) is 11.7. The number of rotatable bonds is 4. The van der Waals surface area contributed by atoms with Gasteiger partial charge < -0.3 is 9.57 Å². The van der Waals surface area contributed by atoms with Gasteiger partial charge in [0.1, 0.15) is 6.10 Å². The van der Waals surface area contributed by atoms with Crippen LogP contribution in [-0.4, -0.2) is 24.9 Å². The molecule has 1 aliphatic heterocycles. The van der Waals surface area contributed by atoms with Crippen molar-refractivity contribution in [2.75, 3.05) is 7.11 Å². The second-order valence-electron chi connectivity index (χ2n) is 5.47. The fourth-order valence-corrected chi connectivity index (χ4v) is 3.47. The van der Waals surface area contributed by atoms with Gasteiger partial charge >= 0.3 is 5.97 Å². The highest BCUT2D eigenvalue weighted by Crippen LogP contribution is 2.45. The molecule has 0 amide bonds. The molecule has 2 aliphatic rings. The molecule has 0 aromatic heterocycles. The van der Waals surface area contributed by atoms with Crippen molar-refractivity contribution in [1.29, 1.82) is 0 Å². The van der Waals surface area contributed by atoms with Gasteiger partial charge in [0, 0.05) is 11.8 Å². The van der Waals surface area contributed by atoms with Gasteiger partial charge in [0.2, 0.25) is 0 Å². The van der Waals surface area contributed by atoms with Crippen molar-refractivity contribution in [1.82, 2.24) is 0 Å². The molecule has 1 saturated carbocycles. The first-order chi connectivity index (χ1) is 8.63. The van der Waals surface area contributed by atoms with E-state index in [1.165, 1.54) is 12.8 Å². The van der Waals surface area contributed by atoms with Crippen LogP contribution in [0.1, 0.15) is 40.0 Å². The van der Waals surface area contributed by atoms with Gasteiger partial charge in [-0.2, -0.15) is 0 Å². The first kappa shape index (κ1) is 13.4. The van der Waals surface area contributed by atoms with Crippen LogP contribution in [0.25, 0.3) is 0 Å². The van der Waals surface area contributed by atoms with Crippen molar-refractivity contribution in [3.8, 4) is 0 Å². The molecule has 2 rings (SSSR count). The molecule has 0 saturated heterocycles. The Bertz CT molecular complexity index is 349. The number of ether oxygens (including phenoxy) is 1. The lowest BCUT2D eigenvalue weighted by Gasteiger charge is -2.20. The van der Waals surface area contributed by atoms with E-state index in [0.717, 1.165) is 19.3 Å². The highest BCUT2D eigenvalue weighted by Gasteiger charge is 2.53. The Hall–Kier alpha value is -1.06. The van der Waals surface area contributed by atoms with E-state index < -0.39 is 0 Å². The van der Waals surface area contributed by atoms with Crippen molar-refractivity contribution >= 4 is 11.7 Å². The molecule has 102 valence electrons. The lowest BCUT2D eigenvalue weighted by Crippen LogP contribution is -2.31. The van der Waals surface area contributed by atoms with Crippen LogP contribution in [0.4, 0.5) is 0 Å². The standard InChI is InChI=1S/C14H23NO3/c1-5-9(6-2)12-11-8(3)7-10(14(16)17-4)13(11)18-15-12/h8-11,13H,5-7H2,1-4H3/t8-,10+,11-,13-/m1/s1. The summed E-state index contributed by atoms with van der Waals surface area (Å²) in [6.45, 7) is 6.55. The van der Waals surface area contributed by atoms with Crippen molar-refractivity contribution < 1.29 is 14.4 Å². The minimum Gasteiger partial charge on any atom is -0.469 e. The molecule has 0 bridgehead atoms. The Morgan fingerprint density at radius 2 is 2.17 bits per heavy atom. The molecule has 4 heteroatoms. The van der Waals surface area contributed by atoms with Gasteiger partial charge in [-0.25, -0.2) is 0 Å². The van der Waals surface area contributed by atoms with Gasteiger partial charge in [-0.15, -0.1) is 0 Å². The molecule has 4 nitrogen and oxygen atoms in total. The minimum atomic E-state index is -0.157. The number of fused-ring (bicyclic) bond motifs is 1. The molecule has 0 spiro atoms. The van der Waals surface area contributed by atoms with E-state index in [0.29, 0.717) is 17.8 Å². The molecular weight excluding hydrogens is 230 g/mol. The van der Waals surface area contributed by atoms with E-state index in [4.69, 9.17) is 9.57 Å². The lowest BCUT2D eigenvalue weighted by molar-refractivity contribution is -0.149. The predicted octanol–water partition coefficient (Wildman–Crippen LogP) is 2.62. The van der Waals surface area contributed by atoms with Gasteiger partial charge in [-0.3, -0.25) is 4.79 Å². The Balaban J connectivity index is 2.16. The topological polar surface area (TPSA) is 47.9 Å². The molecule has 1 fully saturated rings. The second-order valence-corrected chi connectivity index (χ2v) is 5.47. The van der Waals surface area contributed by atoms with Gasteiger partial charge in [0.25, 0.3) is 0 Å². The van der Waals surface area contributed by atoms with Gasteiger partial charge in [0.05, 0.1) is 18.7 Å². The number of hydrogen-bond acceptors (Lipinski definition) is 4. The first-order valence-electron chi connectivity index (χ1n) is 6.95. The van der Waals surface area contributed by atoms with Crippen LogP contribution in [0, 0.1) is 23.7 Å². The smallest absolute Gasteiger partial charge is 0.312 e. The van der Waals surface area contributed by atoms with E-state index >= 15 is 0 Å². The van der Waals surface area contributed by atoms with E-state index in [9.17, 15) is 4.79 Å². The number of esters is 1. The monoisotopic (exact) mass is 253 g/mol. The minimum absolute atomic E-state index is 0.0944. The largest absolute Gasteiger partial charge is 0.469 e. The van der Waals surface area contributed by atoms with Crippen LogP contribution >= 0.6 is 0 Å². The zero-order chi connectivity index (χ0) is 13.3. The van der Waals surface area contributed by atoms with Crippen LogP contribution in [0.5, 0.6) is 0 Å². The summed E-state index contributed by atoms with van der Waals surface area (Å²) in [4.78, 5) is 17.3. The van der Waals surface area contributed by atoms with Crippen LogP contribution < -0.4 is 0 Å². The van der Waals surface area contributed by atoms with E-state index in [-0.39, 0.29) is 18.0 Å². The summed E-state index contributed by atoms with van der Waals surface area (Å²) in [7, 11) is 1.44. The molecule has 0 radical (unpaired) electrons. The zero-order valence-corrected chi connectivity index (χ0v) is 11.7. The Kier molecular flexibility index (Phi) is 3.93. The molecule has 1 heterocycles. The normalized spacial score (nSPS) is 34.2. The molecule has 4 atom stereocenters. The summed E-state index contributed by atoms with van der Waals surface area (Å²) in [5.41, 5.74) is 1.17. The van der Waals surface area contributed by atoms with E-state index in [1.54, 1.807) is 0 Å². The third kappa shape index (κ3) is 2.02. The molecule has 0 aromatic rings. The van der Waals surface area contributed by atoms with Crippen LogP contribution in [0.2, 0.25) is 0 Å². The molecule has 18 heavy (non-hydrogen) atoms. The van der Waals surface area contributed by atoms with E-state index in [2.05, 4.69) is 25.9 Å². The number of oxime groups is 1. The molecule has 0 unspecified atom stereocenters. The van der Waals surface area contributed by atoms with Crippen molar-refractivity contribution in [3.05, 3.63) is 0 Å². The van der Waals surface area contributed by atoms with Crippen molar-refractivity contribution in [2.24, 2.45) is 28.8 Å². The quantitative estimate of drug-likeness (QED) is 0.724. The maximum absolute atomic E-state index is 11.8. The third-order valence-electron chi connectivity index (χ3n) is 4.52. The van der Waals surface area contributed by atoms with Gasteiger partial charge in [-0.05, 0) is 25.2 Å². The highest BCUT2D eigenvalue weighted by molar-refractivity contribution is 5.92. The molecule has 1 aliphatic carbocycles. The van der Waals surface area contributed by atoms with Gasteiger partial charge in [-0.1, -0.05) is 25.9 Å². The van der Waals surface area contributed by atoms with Gasteiger partial charge in [0.15, 0.2) is 0 Å².